The largest absolute Gasteiger partial charge is 0.496 e. The van der Waals surface area contributed by atoms with Crippen LogP contribution in [-0.2, 0) is 0 Å². The molecular formula is C17H19FO2. The first kappa shape index (κ1) is 14.5. The van der Waals surface area contributed by atoms with E-state index in [2.05, 4.69) is 0 Å². The van der Waals surface area contributed by atoms with Gasteiger partial charge in [0.1, 0.15) is 17.7 Å². The van der Waals surface area contributed by atoms with Crippen molar-refractivity contribution in [1.82, 2.24) is 0 Å². The standard InChI is InChI=1S/C17H19FO2/c1-10-7-12(3)16(15(8-10)20-4)17(19)13-5-6-14(18)11(2)9-13/h5-9,17,19H,1-4H3. The average Bonchev–Trinajstić information content (AvgIpc) is 2.40. The normalized spacial score (nSPS) is 12.3. The molecule has 0 radical (unpaired) electrons. The third kappa shape index (κ3) is 2.68. The van der Waals surface area contributed by atoms with Crippen molar-refractivity contribution in [2.45, 2.75) is 26.9 Å². The molecule has 0 spiro atoms. The summed E-state index contributed by atoms with van der Waals surface area (Å²) in [5.74, 6) is 0.380. The molecule has 0 aliphatic carbocycles. The van der Waals surface area contributed by atoms with Gasteiger partial charge in [-0.05, 0) is 55.2 Å². The summed E-state index contributed by atoms with van der Waals surface area (Å²) in [6, 6.07) is 8.54. The molecule has 0 fully saturated rings. The van der Waals surface area contributed by atoms with E-state index in [1.165, 1.54) is 6.07 Å². The fourth-order valence-corrected chi connectivity index (χ4v) is 2.46. The van der Waals surface area contributed by atoms with Gasteiger partial charge in [-0.2, -0.15) is 0 Å². The van der Waals surface area contributed by atoms with Crippen LogP contribution in [0.5, 0.6) is 5.75 Å². The van der Waals surface area contributed by atoms with Gasteiger partial charge in [0.25, 0.3) is 0 Å². The Hall–Kier alpha value is -1.87. The van der Waals surface area contributed by atoms with Gasteiger partial charge in [0.05, 0.1) is 7.11 Å². The molecule has 0 saturated heterocycles. The fraction of sp³-hybridized carbons (Fsp3) is 0.294. The van der Waals surface area contributed by atoms with Crippen LogP contribution in [0, 0.1) is 26.6 Å². The van der Waals surface area contributed by atoms with Crippen molar-refractivity contribution >= 4 is 0 Å². The number of aliphatic hydroxyl groups excluding tert-OH is 1. The van der Waals surface area contributed by atoms with Gasteiger partial charge in [-0.25, -0.2) is 4.39 Å². The van der Waals surface area contributed by atoms with Crippen LogP contribution in [0.1, 0.15) is 33.9 Å². The molecule has 1 atom stereocenters. The molecule has 20 heavy (non-hydrogen) atoms. The molecule has 0 heterocycles. The van der Waals surface area contributed by atoms with Crippen molar-refractivity contribution in [2.24, 2.45) is 0 Å². The maximum absolute atomic E-state index is 13.3. The summed E-state index contributed by atoms with van der Waals surface area (Å²) in [6.45, 7) is 5.60. The molecule has 0 aromatic heterocycles. The highest BCUT2D eigenvalue weighted by Gasteiger charge is 2.19. The van der Waals surface area contributed by atoms with Crippen LogP contribution in [0.4, 0.5) is 4.39 Å². The third-order valence-electron chi connectivity index (χ3n) is 3.48. The molecule has 2 aromatic rings. The second-order valence-electron chi connectivity index (χ2n) is 5.11. The van der Waals surface area contributed by atoms with Gasteiger partial charge in [0.2, 0.25) is 0 Å². The van der Waals surface area contributed by atoms with E-state index < -0.39 is 6.10 Å². The summed E-state index contributed by atoms with van der Waals surface area (Å²) in [5, 5.41) is 10.6. The predicted octanol–water partition coefficient (Wildman–Crippen LogP) is 3.84. The molecular weight excluding hydrogens is 255 g/mol. The molecule has 2 nitrogen and oxygen atoms in total. The fourth-order valence-electron chi connectivity index (χ4n) is 2.46. The van der Waals surface area contributed by atoms with Crippen LogP contribution >= 0.6 is 0 Å². The average molecular weight is 274 g/mol. The first-order valence-electron chi connectivity index (χ1n) is 6.53. The maximum Gasteiger partial charge on any atom is 0.126 e. The Bertz CT molecular complexity index is 635. The van der Waals surface area contributed by atoms with E-state index in [0.29, 0.717) is 16.9 Å². The molecule has 2 rings (SSSR count). The Morgan fingerprint density at radius 1 is 1.05 bits per heavy atom. The van der Waals surface area contributed by atoms with Crippen molar-refractivity contribution < 1.29 is 14.2 Å². The number of halogens is 1. The van der Waals surface area contributed by atoms with Gasteiger partial charge < -0.3 is 9.84 Å². The minimum atomic E-state index is -0.829. The quantitative estimate of drug-likeness (QED) is 0.921. The first-order valence-corrected chi connectivity index (χ1v) is 6.53. The Morgan fingerprint density at radius 3 is 2.35 bits per heavy atom. The zero-order valence-corrected chi connectivity index (χ0v) is 12.2. The lowest BCUT2D eigenvalue weighted by Crippen LogP contribution is -2.06. The van der Waals surface area contributed by atoms with Crippen LogP contribution in [0.3, 0.4) is 0 Å². The molecule has 0 amide bonds. The molecule has 0 bridgehead atoms. The van der Waals surface area contributed by atoms with E-state index in [-0.39, 0.29) is 5.82 Å². The molecule has 3 heteroatoms. The van der Waals surface area contributed by atoms with Crippen LogP contribution < -0.4 is 4.74 Å². The van der Waals surface area contributed by atoms with E-state index in [9.17, 15) is 9.50 Å². The maximum atomic E-state index is 13.3. The Balaban J connectivity index is 2.52. The Labute approximate surface area is 118 Å². The minimum Gasteiger partial charge on any atom is -0.496 e. The third-order valence-corrected chi connectivity index (χ3v) is 3.48. The number of aliphatic hydroxyl groups is 1. The number of ether oxygens (including phenoxy) is 1. The molecule has 2 aromatic carbocycles. The van der Waals surface area contributed by atoms with Gasteiger partial charge in [0, 0.05) is 5.56 Å². The zero-order chi connectivity index (χ0) is 14.9. The van der Waals surface area contributed by atoms with Crippen LogP contribution in [0.25, 0.3) is 0 Å². The van der Waals surface area contributed by atoms with Crippen molar-refractivity contribution in [2.75, 3.05) is 7.11 Å². The van der Waals surface area contributed by atoms with Gasteiger partial charge in [-0.15, -0.1) is 0 Å². The topological polar surface area (TPSA) is 29.5 Å². The number of benzene rings is 2. The highest BCUT2D eigenvalue weighted by Crippen LogP contribution is 2.34. The second kappa shape index (κ2) is 5.63. The van der Waals surface area contributed by atoms with E-state index in [1.54, 1.807) is 26.2 Å². The van der Waals surface area contributed by atoms with Crippen LogP contribution in [-0.4, -0.2) is 12.2 Å². The highest BCUT2D eigenvalue weighted by atomic mass is 19.1. The lowest BCUT2D eigenvalue weighted by atomic mass is 9.94. The molecule has 0 aliphatic rings. The van der Waals surface area contributed by atoms with E-state index in [0.717, 1.165) is 16.7 Å². The summed E-state index contributed by atoms with van der Waals surface area (Å²) in [6.07, 6.45) is -0.829. The minimum absolute atomic E-state index is 0.270. The summed E-state index contributed by atoms with van der Waals surface area (Å²) in [4.78, 5) is 0. The van der Waals surface area contributed by atoms with E-state index >= 15 is 0 Å². The number of aryl methyl sites for hydroxylation is 3. The van der Waals surface area contributed by atoms with Gasteiger partial charge in [-0.1, -0.05) is 18.2 Å². The monoisotopic (exact) mass is 274 g/mol. The molecule has 1 unspecified atom stereocenters. The first-order chi connectivity index (χ1) is 9.43. The predicted molar refractivity (Wildman–Crippen MR) is 77.7 cm³/mol. The lowest BCUT2D eigenvalue weighted by Gasteiger charge is -2.19. The van der Waals surface area contributed by atoms with Gasteiger partial charge >= 0.3 is 0 Å². The van der Waals surface area contributed by atoms with Crippen molar-refractivity contribution in [3.8, 4) is 5.75 Å². The van der Waals surface area contributed by atoms with E-state index in [1.807, 2.05) is 26.0 Å². The number of methoxy groups -OCH3 is 1. The van der Waals surface area contributed by atoms with Crippen molar-refractivity contribution in [1.29, 1.82) is 0 Å². The number of rotatable bonds is 3. The van der Waals surface area contributed by atoms with Crippen molar-refractivity contribution in [3.05, 3.63) is 64.0 Å². The Kier molecular flexibility index (Phi) is 4.09. The second-order valence-corrected chi connectivity index (χ2v) is 5.11. The lowest BCUT2D eigenvalue weighted by molar-refractivity contribution is 0.213. The summed E-state index contributed by atoms with van der Waals surface area (Å²) >= 11 is 0. The SMILES string of the molecule is COc1cc(C)cc(C)c1C(O)c1ccc(F)c(C)c1. The molecule has 0 aliphatic heterocycles. The van der Waals surface area contributed by atoms with Crippen molar-refractivity contribution in [3.63, 3.8) is 0 Å². The molecule has 0 saturated carbocycles. The molecule has 1 N–H and O–H groups in total. The van der Waals surface area contributed by atoms with Crippen LogP contribution in [0.2, 0.25) is 0 Å². The summed E-state index contributed by atoms with van der Waals surface area (Å²) in [7, 11) is 1.58. The smallest absolute Gasteiger partial charge is 0.126 e. The highest BCUT2D eigenvalue weighted by molar-refractivity contribution is 5.48. The van der Waals surface area contributed by atoms with Gasteiger partial charge in [0.15, 0.2) is 0 Å². The summed E-state index contributed by atoms with van der Waals surface area (Å²) in [5.41, 5.74) is 3.94. The van der Waals surface area contributed by atoms with Crippen LogP contribution in [0.15, 0.2) is 30.3 Å². The zero-order valence-electron chi connectivity index (χ0n) is 12.2. The number of hydrogen-bond donors (Lipinski definition) is 1. The molecule has 106 valence electrons. The van der Waals surface area contributed by atoms with Gasteiger partial charge in [-0.3, -0.25) is 0 Å². The number of hydrogen-bond acceptors (Lipinski definition) is 2. The Morgan fingerprint density at radius 2 is 1.75 bits per heavy atom. The summed E-state index contributed by atoms with van der Waals surface area (Å²) < 4.78 is 18.7. The van der Waals surface area contributed by atoms with E-state index in [4.69, 9.17) is 4.74 Å².